The molecule has 0 spiro atoms. The third-order valence-electron chi connectivity index (χ3n) is 9.60. The van der Waals surface area contributed by atoms with Gasteiger partial charge in [-0.25, -0.2) is 4.98 Å². The van der Waals surface area contributed by atoms with Crippen molar-refractivity contribution in [3.8, 4) is 34.1 Å². The molecule has 5 nitrogen and oxygen atoms in total. The van der Waals surface area contributed by atoms with Crippen LogP contribution in [0.15, 0.2) is 79.0 Å². The topological polar surface area (TPSA) is 44.9 Å². The Bertz CT molecular complexity index is 2310. The van der Waals surface area contributed by atoms with E-state index in [0.717, 1.165) is 50.3 Å². The molecular weight excluding hydrogens is 695 g/mol. The molecule has 0 saturated carbocycles. The minimum Gasteiger partial charge on any atom is -0.509 e. The second kappa shape index (κ2) is 13.4. The van der Waals surface area contributed by atoms with Crippen LogP contribution in [0.3, 0.4) is 0 Å². The number of aromatic nitrogens is 4. The molecule has 7 aromatic rings. The molecule has 0 atom stereocenters. The molecular formula is C43H42N4OPd. The molecule has 6 heteroatoms. The Kier molecular flexibility index (Phi) is 9.42. The maximum absolute atomic E-state index is 6.46. The Balaban J connectivity index is 0.00000417. The van der Waals surface area contributed by atoms with Crippen LogP contribution in [0, 0.1) is 46.8 Å². The standard InChI is InChI=1S/C43H42N4O.Pd/c1-25(2)37-24-38(26(3)4)29(7)42(28(37)6)43-30(8)45-47(31(43)9)32-13-12-14-33(22-32)48-34-17-18-36-35-15-10-11-16-39(35)46(40(36)23-34)41-21-27(5)19-20-44-41;/h10-21,24-26H,1-9H3;/q-2;+2. The summed E-state index contributed by atoms with van der Waals surface area (Å²) in [6.07, 6.45) is 1.85. The molecule has 0 bridgehead atoms. The van der Waals surface area contributed by atoms with Gasteiger partial charge in [0.25, 0.3) is 0 Å². The van der Waals surface area contributed by atoms with Crippen LogP contribution >= 0.6 is 0 Å². The fraction of sp³-hybridized carbons (Fsp3) is 0.256. The summed E-state index contributed by atoms with van der Waals surface area (Å²) in [6.45, 7) is 20.0. The van der Waals surface area contributed by atoms with E-state index < -0.39 is 0 Å². The van der Waals surface area contributed by atoms with Gasteiger partial charge in [0.1, 0.15) is 5.82 Å². The first-order valence-electron chi connectivity index (χ1n) is 16.8. The van der Waals surface area contributed by atoms with Crippen molar-refractivity contribution in [1.29, 1.82) is 0 Å². The maximum Gasteiger partial charge on any atom is 2.00 e. The summed E-state index contributed by atoms with van der Waals surface area (Å²) in [7, 11) is 0. The van der Waals surface area contributed by atoms with E-state index in [9.17, 15) is 0 Å². The molecule has 7 rings (SSSR count). The van der Waals surface area contributed by atoms with Crippen molar-refractivity contribution < 1.29 is 25.2 Å². The van der Waals surface area contributed by atoms with Crippen LogP contribution in [0.5, 0.6) is 11.5 Å². The van der Waals surface area contributed by atoms with Crippen molar-refractivity contribution in [3.63, 3.8) is 0 Å². The van der Waals surface area contributed by atoms with Crippen LogP contribution < -0.4 is 4.74 Å². The van der Waals surface area contributed by atoms with Gasteiger partial charge in [-0.2, -0.15) is 17.2 Å². The second-order valence-corrected chi connectivity index (χ2v) is 13.6. The van der Waals surface area contributed by atoms with Crippen molar-refractivity contribution in [2.75, 3.05) is 0 Å². The smallest absolute Gasteiger partial charge is 0.509 e. The predicted octanol–water partition coefficient (Wildman–Crippen LogP) is 11.2. The van der Waals surface area contributed by atoms with E-state index in [4.69, 9.17) is 14.8 Å². The molecule has 49 heavy (non-hydrogen) atoms. The third kappa shape index (κ3) is 6.03. The zero-order valence-corrected chi connectivity index (χ0v) is 31.2. The normalized spacial score (nSPS) is 11.6. The summed E-state index contributed by atoms with van der Waals surface area (Å²) < 4.78 is 10.6. The average molecular weight is 737 g/mol. The SMILES string of the molecule is Cc1ccnc(-n2c3[c-]c(Oc4[c-]c(-n5nc(C)c(-c6c(C)c(C(C)C)cc(C(C)C)c6C)c5C)ccc4)ccc3c3ccccc32)c1.[Pd+2]. The van der Waals surface area contributed by atoms with Gasteiger partial charge in [-0.3, -0.25) is 4.68 Å². The fourth-order valence-corrected chi connectivity index (χ4v) is 7.32. The van der Waals surface area contributed by atoms with E-state index in [1.54, 1.807) is 0 Å². The van der Waals surface area contributed by atoms with Crippen LogP contribution in [-0.2, 0) is 20.4 Å². The Hall–Kier alpha value is -4.50. The van der Waals surface area contributed by atoms with Gasteiger partial charge < -0.3 is 9.30 Å². The first-order valence-corrected chi connectivity index (χ1v) is 16.8. The van der Waals surface area contributed by atoms with Crippen molar-refractivity contribution in [2.45, 2.75) is 74.1 Å². The molecule has 0 amide bonds. The van der Waals surface area contributed by atoms with Crippen LogP contribution in [0.1, 0.15) is 78.7 Å². The number of rotatable bonds is 7. The Morgan fingerprint density at radius 1 is 0.694 bits per heavy atom. The number of hydrogen-bond donors (Lipinski definition) is 0. The molecule has 3 heterocycles. The molecule has 0 saturated heterocycles. The minimum atomic E-state index is 0. The van der Waals surface area contributed by atoms with E-state index in [2.05, 4.69) is 121 Å². The van der Waals surface area contributed by atoms with E-state index in [0.29, 0.717) is 23.3 Å². The van der Waals surface area contributed by atoms with Gasteiger partial charge in [0.05, 0.1) is 5.69 Å². The van der Waals surface area contributed by atoms with Crippen LogP contribution in [0.2, 0.25) is 0 Å². The number of benzene rings is 4. The second-order valence-electron chi connectivity index (χ2n) is 13.6. The van der Waals surface area contributed by atoms with Crippen molar-refractivity contribution in [1.82, 2.24) is 19.3 Å². The molecule has 0 unspecified atom stereocenters. The fourth-order valence-electron chi connectivity index (χ4n) is 7.32. The van der Waals surface area contributed by atoms with Crippen LogP contribution in [-0.4, -0.2) is 19.3 Å². The number of nitrogens with zero attached hydrogens (tertiary/aromatic N) is 4. The molecule has 250 valence electrons. The van der Waals surface area contributed by atoms with Crippen molar-refractivity contribution in [2.24, 2.45) is 0 Å². The van der Waals surface area contributed by atoms with E-state index in [1.165, 1.54) is 33.4 Å². The van der Waals surface area contributed by atoms with Gasteiger partial charge in [-0.1, -0.05) is 57.5 Å². The number of aryl methyl sites for hydroxylation is 2. The summed E-state index contributed by atoms with van der Waals surface area (Å²) in [6, 6.07) is 32.0. The Morgan fingerprint density at radius 3 is 2.08 bits per heavy atom. The summed E-state index contributed by atoms with van der Waals surface area (Å²) in [5.41, 5.74) is 14.1. The molecule has 0 aliphatic carbocycles. The number of fused-ring (bicyclic) bond motifs is 3. The molecule has 0 fully saturated rings. The van der Waals surface area contributed by atoms with Crippen LogP contribution in [0.4, 0.5) is 0 Å². The molecule has 4 aromatic carbocycles. The van der Waals surface area contributed by atoms with Gasteiger partial charge in [0, 0.05) is 34.5 Å². The van der Waals surface area contributed by atoms with Gasteiger partial charge in [-0.15, -0.1) is 35.7 Å². The molecule has 0 aliphatic rings. The average Bonchev–Trinajstić information content (AvgIpc) is 3.54. The molecule has 3 aromatic heterocycles. The Labute approximate surface area is 303 Å². The van der Waals surface area contributed by atoms with E-state index in [1.807, 2.05) is 41.2 Å². The number of para-hydroxylation sites is 1. The largest absolute Gasteiger partial charge is 2.00 e. The maximum atomic E-state index is 6.46. The van der Waals surface area contributed by atoms with Gasteiger partial charge in [0.2, 0.25) is 0 Å². The quantitative estimate of drug-likeness (QED) is 0.121. The zero-order valence-electron chi connectivity index (χ0n) is 29.7. The number of ether oxygens (including phenoxy) is 1. The number of pyridine rings is 1. The summed E-state index contributed by atoms with van der Waals surface area (Å²) >= 11 is 0. The van der Waals surface area contributed by atoms with Gasteiger partial charge in [0.15, 0.2) is 0 Å². The zero-order chi connectivity index (χ0) is 33.9. The molecule has 0 radical (unpaired) electrons. The minimum absolute atomic E-state index is 0. The molecule has 0 aliphatic heterocycles. The molecule has 0 N–H and O–H groups in total. The van der Waals surface area contributed by atoms with Crippen molar-refractivity contribution >= 4 is 21.8 Å². The first kappa shape index (κ1) is 34.4. The summed E-state index contributed by atoms with van der Waals surface area (Å²) in [4.78, 5) is 4.70. The Morgan fingerprint density at radius 2 is 1.39 bits per heavy atom. The van der Waals surface area contributed by atoms with E-state index in [-0.39, 0.29) is 20.4 Å². The first-order chi connectivity index (χ1) is 23.0. The van der Waals surface area contributed by atoms with Gasteiger partial charge in [-0.05, 0) is 109 Å². The third-order valence-corrected chi connectivity index (χ3v) is 9.60. The summed E-state index contributed by atoms with van der Waals surface area (Å²) in [5, 5.41) is 7.31. The van der Waals surface area contributed by atoms with Gasteiger partial charge >= 0.3 is 20.4 Å². The monoisotopic (exact) mass is 736 g/mol. The van der Waals surface area contributed by atoms with Crippen molar-refractivity contribution in [3.05, 3.63) is 130 Å². The summed E-state index contributed by atoms with van der Waals surface area (Å²) in [5.74, 6) is 2.94. The van der Waals surface area contributed by atoms with Crippen LogP contribution in [0.25, 0.3) is 44.4 Å². The predicted molar refractivity (Wildman–Crippen MR) is 197 cm³/mol. The van der Waals surface area contributed by atoms with E-state index >= 15 is 0 Å². The number of hydrogen-bond acceptors (Lipinski definition) is 3.